The van der Waals surface area contributed by atoms with Crippen LogP contribution in [0, 0.1) is 0 Å². The summed E-state index contributed by atoms with van der Waals surface area (Å²) >= 11 is 5.87. The molecule has 0 spiro atoms. The maximum absolute atomic E-state index is 12.5. The first-order valence-corrected chi connectivity index (χ1v) is 7.44. The van der Waals surface area contributed by atoms with Gasteiger partial charge in [0.05, 0.1) is 0 Å². The van der Waals surface area contributed by atoms with Crippen LogP contribution in [0.1, 0.15) is 28.8 Å². The minimum Gasteiger partial charge on any atom is -0.315 e. The van der Waals surface area contributed by atoms with Crippen molar-refractivity contribution in [3.63, 3.8) is 0 Å². The second-order valence-electron chi connectivity index (χ2n) is 5.13. The molecule has 1 amide bonds. The van der Waals surface area contributed by atoms with Crippen LogP contribution in [0.25, 0.3) is 5.57 Å². The van der Waals surface area contributed by atoms with Crippen molar-refractivity contribution in [2.24, 2.45) is 0 Å². The Morgan fingerprint density at radius 3 is 2.43 bits per heavy atom. The smallest absolute Gasteiger partial charge is 0.257 e. The highest BCUT2D eigenvalue weighted by Crippen LogP contribution is 2.25. The molecule has 1 heterocycles. The molecule has 3 heteroatoms. The van der Waals surface area contributed by atoms with Gasteiger partial charge >= 0.3 is 0 Å². The molecule has 0 atom stereocenters. The van der Waals surface area contributed by atoms with Crippen molar-refractivity contribution in [1.82, 2.24) is 4.90 Å². The zero-order valence-corrected chi connectivity index (χ0v) is 12.4. The summed E-state index contributed by atoms with van der Waals surface area (Å²) in [6.07, 6.45) is 3.98. The second-order valence-corrected chi connectivity index (χ2v) is 5.57. The summed E-state index contributed by atoms with van der Waals surface area (Å²) in [6, 6.07) is 17.3. The van der Waals surface area contributed by atoms with Crippen molar-refractivity contribution in [2.45, 2.75) is 12.8 Å². The van der Waals surface area contributed by atoms with Crippen LogP contribution in [0.5, 0.6) is 0 Å². The highest BCUT2D eigenvalue weighted by molar-refractivity contribution is 6.30. The number of benzene rings is 2. The van der Waals surface area contributed by atoms with Gasteiger partial charge in [-0.3, -0.25) is 4.79 Å². The van der Waals surface area contributed by atoms with Crippen LogP contribution >= 0.6 is 11.6 Å². The Morgan fingerprint density at radius 2 is 1.71 bits per heavy atom. The van der Waals surface area contributed by atoms with E-state index in [1.807, 2.05) is 24.4 Å². The quantitative estimate of drug-likeness (QED) is 0.792. The molecule has 2 nitrogen and oxygen atoms in total. The molecule has 0 aromatic heterocycles. The van der Waals surface area contributed by atoms with Crippen molar-refractivity contribution in [3.05, 3.63) is 76.9 Å². The van der Waals surface area contributed by atoms with Crippen LogP contribution in [0.2, 0.25) is 5.02 Å². The van der Waals surface area contributed by atoms with E-state index in [0.29, 0.717) is 10.6 Å². The van der Waals surface area contributed by atoms with Gasteiger partial charge in [-0.2, -0.15) is 0 Å². The summed E-state index contributed by atoms with van der Waals surface area (Å²) < 4.78 is 0. The lowest BCUT2D eigenvalue weighted by Crippen LogP contribution is -2.29. The van der Waals surface area contributed by atoms with Crippen molar-refractivity contribution < 1.29 is 4.79 Å². The van der Waals surface area contributed by atoms with E-state index in [1.165, 1.54) is 11.1 Å². The first-order chi connectivity index (χ1) is 10.2. The van der Waals surface area contributed by atoms with E-state index in [4.69, 9.17) is 11.6 Å². The van der Waals surface area contributed by atoms with Crippen molar-refractivity contribution >= 4 is 23.1 Å². The molecule has 1 aliphatic rings. The Hall–Kier alpha value is -2.06. The van der Waals surface area contributed by atoms with Gasteiger partial charge in [-0.15, -0.1) is 0 Å². The van der Waals surface area contributed by atoms with E-state index in [9.17, 15) is 4.79 Å². The lowest BCUT2D eigenvalue weighted by Gasteiger charge is -2.25. The third-order valence-corrected chi connectivity index (χ3v) is 3.91. The van der Waals surface area contributed by atoms with Gasteiger partial charge in [0.2, 0.25) is 0 Å². The number of hydrogen-bond acceptors (Lipinski definition) is 1. The van der Waals surface area contributed by atoms with Gasteiger partial charge in [0, 0.05) is 23.3 Å². The predicted octanol–water partition coefficient (Wildman–Crippen LogP) is 4.62. The fraction of sp³-hybridized carbons (Fsp3) is 0.167. The van der Waals surface area contributed by atoms with Gasteiger partial charge in [0.15, 0.2) is 0 Å². The molecule has 0 unspecified atom stereocenters. The van der Waals surface area contributed by atoms with Gasteiger partial charge in [-0.05, 0) is 48.2 Å². The maximum atomic E-state index is 12.5. The molecule has 0 fully saturated rings. The first-order valence-electron chi connectivity index (χ1n) is 7.07. The lowest BCUT2D eigenvalue weighted by atomic mass is 9.99. The number of carbonyl (C=O) groups excluding carboxylic acids is 1. The van der Waals surface area contributed by atoms with Gasteiger partial charge in [-0.25, -0.2) is 0 Å². The molecule has 0 bridgehead atoms. The number of rotatable bonds is 2. The predicted molar refractivity (Wildman–Crippen MR) is 86.1 cm³/mol. The molecule has 3 rings (SSSR count). The zero-order valence-electron chi connectivity index (χ0n) is 11.6. The molecule has 1 aliphatic heterocycles. The summed E-state index contributed by atoms with van der Waals surface area (Å²) in [5.41, 5.74) is 3.07. The highest BCUT2D eigenvalue weighted by atomic mass is 35.5. The summed E-state index contributed by atoms with van der Waals surface area (Å²) in [6.45, 7) is 0.762. The van der Waals surface area contributed by atoms with Gasteiger partial charge in [0.1, 0.15) is 0 Å². The normalized spacial score (nSPS) is 14.7. The molecule has 0 saturated heterocycles. The second kappa shape index (κ2) is 6.15. The SMILES string of the molecule is O=C(c1ccc(Cl)cc1)N1C=C(c2ccccc2)CCC1. The summed E-state index contributed by atoms with van der Waals surface area (Å²) in [7, 11) is 0. The summed E-state index contributed by atoms with van der Waals surface area (Å²) in [5, 5.41) is 0.644. The van der Waals surface area contributed by atoms with Crippen molar-refractivity contribution in [1.29, 1.82) is 0 Å². The number of allylic oxidation sites excluding steroid dienone is 1. The van der Waals surface area contributed by atoms with Gasteiger partial charge in [0.25, 0.3) is 5.91 Å². The molecular formula is C18H16ClNO. The van der Waals surface area contributed by atoms with Crippen molar-refractivity contribution in [2.75, 3.05) is 6.54 Å². The fourth-order valence-electron chi connectivity index (χ4n) is 2.55. The van der Waals surface area contributed by atoms with E-state index in [-0.39, 0.29) is 5.91 Å². The van der Waals surface area contributed by atoms with Crippen LogP contribution in [-0.2, 0) is 0 Å². The number of halogens is 1. The Balaban J connectivity index is 1.85. The molecule has 0 saturated carbocycles. The van der Waals surface area contributed by atoms with Crippen molar-refractivity contribution in [3.8, 4) is 0 Å². The molecule has 2 aromatic rings. The van der Waals surface area contributed by atoms with Crippen LogP contribution in [0.3, 0.4) is 0 Å². The minimum atomic E-state index is 0.0276. The maximum Gasteiger partial charge on any atom is 0.257 e. The van der Waals surface area contributed by atoms with E-state index in [1.54, 1.807) is 29.2 Å². The summed E-state index contributed by atoms with van der Waals surface area (Å²) in [5.74, 6) is 0.0276. The largest absolute Gasteiger partial charge is 0.315 e. The molecule has 2 aromatic carbocycles. The fourth-order valence-corrected chi connectivity index (χ4v) is 2.67. The standard InChI is InChI=1S/C18H16ClNO/c19-17-10-8-15(9-11-17)18(21)20-12-4-7-16(13-20)14-5-2-1-3-6-14/h1-3,5-6,8-11,13H,4,7,12H2. The lowest BCUT2D eigenvalue weighted by molar-refractivity contribution is 0.0817. The van der Waals surface area contributed by atoms with Gasteiger partial charge < -0.3 is 4.90 Å². The van der Waals surface area contributed by atoms with E-state index >= 15 is 0 Å². The van der Waals surface area contributed by atoms with E-state index in [2.05, 4.69) is 12.1 Å². The van der Waals surface area contributed by atoms with Crippen LogP contribution in [-0.4, -0.2) is 17.4 Å². The topological polar surface area (TPSA) is 20.3 Å². The van der Waals surface area contributed by atoms with E-state index in [0.717, 1.165) is 19.4 Å². The average molecular weight is 298 g/mol. The monoisotopic (exact) mass is 297 g/mol. The molecule has 21 heavy (non-hydrogen) atoms. The molecule has 106 valence electrons. The number of nitrogens with zero attached hydrogens (tertiary/aromatic N) is 1. The minimum absolute atomic E-state index is 0.0276. The highest BCUT2D eigenvalue weighted by Gasteiger charge is 2.18. The number of hydrogen-bond donors (Lipinski definition) is 0. The van der Waals surface area contributed by atoms with E-state index < -0.39 is 0 Å². The van der Waals surface area contributed by atoms with Crippen LogP contribution in [0.4, 0.5) is 0 Å². The Labute approximate surface area is 129 Å². The molecule has 0 N–H and O–H groups in total. The summed E-state index contributed by atoms with van der Waals surface area (Å²) in [4.78, 5) is 14.3. The first kappa shape index (κ1) is 13.9. The molecule has 0 aliphatic carbocycles. The number of carbonyl (C=O) groups is 1. The zero-order chi connectivity index (χ0) is 14.7. The number of amides is 1. The average Bonchev–Trinajstić information content (AvgIpc) is 2.56. The van der Waals surface area contributed by atoms with Gasteiger partial charge in [-0.1, -0.05) is 41.9 Å². The third-order valence-electron chi connectivity index (χ3n) is 3.65. The Morgan fingerprint density at radius 1 is 1.00 bits per heavy atom. The Bertz CT molecular complexity index is 661. The Kier molecular flexibility index (Phi) is 4.07. The van der Waals surface area contributed by atoms with Crippen LogP contribution in [0.15, 0.2) is 60.8 Å². The molecule has 0 radical (unpaired) electrons. The third kappa shape index (κ3) is 3.17. The van der Waals surface area contributed by atoms with Crippen LogP contribution < -0.4 is 0 Å². The molecular weight excluding hydrogens is 282 g/mol.